The van der Waals surface area contributed by atoms with Gasteiger partial charge in [0.1, 0.15) is 5.75 Å². The van der Waals surface area contributed by atoms with Crippen LogP contribution in [0.2, 0.25) is 0 Å². The van der Waals surface area contributed by atoms with Crippen molar-refractivity contribution in [3.8, 4) is 5.75 Å². The predicted molar refractivity (Wildman–Crippen MR) is 85.8 cm³/mol. The first kappa shape index (κ1) is 16.8. The van der Waals surface area contributed by atoms with Crippen molar-refractivity contribution >= 4 is 15.7 Å². The van der Waals surface area contributed by atoms with Crippen molar-refractivity contribution < 1.29 is 17.9 Å². The summed E-state index contributed by atoms with van der Waals surface area (Å²) >= 11 is 0. The highest BCUT2D eigenvalue weighted by Crippen LogP contribution is 2.23. The van der Waals surface area contributed by atoms with Gasteiger partial charge in [-0.1, -0.05) is 6.07 Å². The second-order valence-electron chi connectivity index (χ2n) is 6.37. The molecule has 1 atom stereocenters. The van der Waals surface area contributed by atoms with E-state index in [-0.39, 0.29) is 30.4 Å². The lowest BCUT2D eigenvalue weighted by atomic mass is 10.0. The lowest BCUT2D eigenvalue weighted by molar-refractivity contribution is -0.123. The van der Waals surface area contributed by atoms with Crippen LogP contribution < -0.4 is 10.1 Å². The topological polar surface area (TPSA) is 72.5 Å². The van der Waals surface area contributed by atoms with Crippen molar-refractivity contribution in [2.45, 2.75) is 39.2 Å². The molecule has 0 saturated carbocycles. The fourth-order valence-corrected chi connectivity index (χ4v) is 4.88. The Morgan fingerprint density at radius 3 is 2.45 bits per heavy atom. The van der Waals surface area contributed by atoms with Crippen LogP contribution in [0.4, 0.5) is 0 Å². The lowest BCUT2D eigenvalue weighted by Gasteiger charge is -2.23. The van der Waals surface area contributed by atoms with Crippen molar-refractivity contribution in [1.29, 1.82) is 0 Å². The van der Waals surface area contributed by atoms with Gasteiger partial charge in [-0.25, -0.2) is 8.42 Å². The van der Waals surface area contributed by atoms with Gasteiger partial charge in [-0.3, -0.25) is 4.79 Å². The number of sulfone groups is 1. The van der Waals surface area contributed by atoms with Gasteiger partial charge in [-0.2, -0.15) is 0 Å². The summed E-state index contributed by atoms with van der Waals surface area (Å²) in [6, 6.07) is 5.91. The zero-order valence-electron chi connectivity index (χ0n) is 13.3. The Bertz CT molecular complexity index is 648. The van der Waals surface area contributed by atoms with Gasteiger partial charge in [0.05, 0.1) is 30.1 Å². The molecule has 0 bridgehead atoms. The van der Waals surface area contributed by atoms with Crippen LogP contribution >= 0.6 is 0 Å². The molecular formula is C16H23NO4S. The third-order valence-corrected chi connectivity index (χ3v) is 5.64. The number of ether oxygens (including phenoxy) is 1. The quantitative estimate of drug-likeness (QED) is 0.895. The second-order valence-corrected chi connectivity index (χ2v) is 8.56. The average Bonchev–Trinajstić information content (AvgIpc) is 2.61. The predicted octanol–water partition coefficient (Wildman–Crippen LogP) is 1.77. The highest BCUT2D eigenvalue weighted by molar-refractivity contribution is 7.91. The summed E-state index contributed by atoms with van der Waals surface area (Å²) in [5, 5.41) is 2.82. The van der Waals surface area contributed by atoms with E-state index in [0.717, 1.165) is 16.9 Å². The summed E-state index contributed by atoms with van der Waals surface area (Å²) < 4.78 is 28.6. The maximum Gasteiger partial charge on any atom is 0.223 e. The third-order valence-electron chi connectivity index (χ3n) is 3.74. The van der Waals surface area contributed by atoms with Crippen molar-refractivity contribution in [3.63, 3.8) is 0 Å². The molecule has 0 spiro atoms. The minimum atomic E-state index is -3.02. The Balaban J connectivity index is 1.81. The van der Waals surface area contributed by atoms with Crippen LogP contribution in [-0.2, 0) is 14.6 Å². The monoisotopic (exact) mass is 325 g/mol. The second kappa shape index (κ2) is 6.28. The van der Waals surface area contributed by atoms with Crippen molar-refractivity contribution in [1.82, 2.24) is 5.32 Å². The van der Waals surface area contributed by atoms with Crippen molar-refractivity contribution in [2.24, 2.45) is 0 Å². The van der Waals surface area contributed by atoms with Crippen molar-refractivity contribution in [3.05, 3.63) is 29.3 Å². The molecule has 1 aromatic rings. The van der Waals surface area contributed by atoms with Gasteiger partial charge in [-0.05, 0) is 50.5 Å². The van der Waals surface area contributed by atoms with Gasteiger partial charge in [0.15, 0.2) is 9.84 Å². The molecule has 0 unspecified atom stereocenters. The van der Waals surface area contributed by atoms with E-state index in [9.17, 15) is 13.2 Å². The van der Waals surface area contributed by atoms with E-state index in [1.807, 2.05) is 26.0 Å². The number of carbonyl (C=O) groups excluding carboxylic acids is 1. The van der Waals surface area contributed by atoms with Crippen LogP contribution in [0.3, 0.4) is 0 Å². The largest absolute Gasteiger partial charge is 0.493 e. The summed E-state index contributed by atoms with van der Waals surface area (Å²) in [5.74, 6) is 0.732. The number of hydrogen-bond acceptors (Lipinski definition) is 4. The molecular weight excluding hydrogens is 302 g/mol. The van der Waals surface area contributed by atoms with Gasteiger partial charge in [0, 0.05) is 0 Å². The summed E-state index contributed by atoms with van der Waals surface area (Å²) in [5.41, 5.74) is 1.58. The van der Waals surface area contributed by atoms with Crippen LogP contribution in [0.5, 0.6) is 5.75 Å². The number of aryl methyl sites for hydroxylation is 2. The fourth-order valence-electron chi connectivity index (χ4n) is 2.79. The molecule has 1 saturated heterocycles. The molecule has 122 valence electrons. The molecule has 1 N–H and O–H groups in total. The molecule has 6 heteroatoms. The number of benzene rings is 1. The maximum atomic E-state index is 12.0. The van der Waals surface area contributed by atoms with Gasteiger partial charge >= 0.3 is 0 Å². The minimum absolute atomic E-state index is 0.0175. The van der Waals surface area contributed by atoms with E-state index in [1.165, 1.54) is 0 Å². The first-order valence-corrected chi connectivity index (χ1v) is 9.22. The Morgan fingerprint density at radius 1 is 1.27 bits per heavy atom. The SMILES string of the molecule is Cc1cc(C)cc(OCCC(=O)N[C@@]2(C)CCS(=O)(=O)C2)c1. The van der Waals surface area contributed by atoms with E-state index in [1.54, 1.807) is 6.92 Å². The van der Waals surface area contributed by atoms with Gasteiger partial charge in [0.25, 0.3) is 0 Å². The minimum Gasteiger partial charge on any atom is -0.493 e. The highest BCUT2D eigenvalue weighted by Gasteiger charge is 2.39. The molecule has 0 radical (unpaired) electrons. The van der Waals surface area contributed by atoms with Gasteiger partial charge in [0.2, 0.25) is 5.91 Å². The molecule has 1 aliphatic rings. The molecule has 0 aliphatic carbocycles. The number of hydrogen-bond donors (Lipinski definition) is 1. The van der Waals surface area contributed by atoms with Crippen LogP contribution in [0.15, 0.2) is 18.2 Å². The first-order valence-electron chi connectivity index (χ1n) is 7.40. The zero-order chi connectivity index (χ0) is 16.4. The lowest BCUT2D eigenvalue weighted by Crippen LogP contribution is -2.47. The Morgan fingerprint density at radius 2 is 1.91 bits per heavy atom. The first-order chi connectivity index (χ1) is 10.2. The number of nitrogens with one attached hydrogen (secondary N) is 1. The van der Waals surface area contributed by atoms with E-state index < -0.39 is 15.4 Å². The van der Waals surface area contributed by atoms with Crippen molar-refractivity contribution in [2.75, 3.05) is 18.1 Å². The summed E-state index contributed by atoms with van der Waals surface area (Å²) in [7, 11) is -3.02. The molecule has 0 aromatic heterocycles. The van der Waals surface area contributed by atoms with Crippen LogP contribution in [0, 0.1) is 13.8 Å². The van der Waals surface area contributed by atoms with E-state index in [0.29, 0.717) is 6.42 Å². The molecule has 1 fully saturated rings. The summed E-state index contributed by atoms with van der Waals surface area (Å²) in [6.45, 7) is 6.04. The Kier molecular flexibility index (Phi) is 4.80. The average molecular weight is 325 g/mol. The van der Waals surface area contributed by atoms with Crippen LogP contribution in [0.25, 0.3) is 0 Å². The molecule has 1 heterocycles. The molecule has 5 nitrogen and oxygen atoms in total. The number of amides is 1. The third kappa shape index (κ3) is 4.73. The smallest absolute Gasteiger partial charge is 0.223 e. The molecule has 2 rings (SSSR count). The maximum absolute atomic E-state index is 12.0. The summed E-state index contributed by atoms with van der Waals surface area (Å²) in [6.07, 6.45) is 0.682. The van der Waals surface area contributed by atoms with Gasteiger partial charge < -0.3 is 10.1 Å². The molecule has 1 amide bonds. The Hall–Kier alpha value is -1.56. The standard InChI is InChI=1S/C16H23NO4S/c1-12-8-13(2)10-14(9-12)21-6-4-15(18)17-16(3)5-7-22(19,20)11-16/h8-10H,4-7,11H2,1-3H3,(H,17,18)/t16-/m0/s1. The van der Waals surface area contributed by atoms with Crippen LogP contribution in [0.1, 0.15) is 30.9 Å². The van der Waals surface area contributed by atoms with Crippen LogP contribution in [-0.4, -0.2) is 38.0 Å². The number of rotatable bonds is 5. The molecule has 22 heavy (non-hydrogen) atoms. The van der Waals surface area contributed by atoms with E-state index in [4.69, 9.17) is 4.74 Å². The molecule has 1 aromatic carbocycles. The highest BCUT2D eigenvalue weighted by atomic mass is 32.2. The van der Waals surface area contributed by atoms with E-state index >= 15 is 0 Å². The Labute approximate surface area is 132 Å². The van der Waals surface area contributed by atoms with Gasteiger partial charge in [-0.15, -0.1) is 0 Å². The molecule has 1 aliphatic heterocycles. The summed E-state index contributed by atoms with van der Waals surface area (Å²) in [4.78, 5) is 12.0. The normalized spacial score (nSPS) is 23.2. The number of carbonyl (C=O) groups is 1. The van der Waals surface area contributed by atoms with E-state index in [2.05, 4.69) is 11.4 Å². The fraction of sp³-hybridized carbons (Fsp3) is 0.562. The zero-order valence-corrected chi connectivity index (χ0v) is 14.1.